The van der Waals surface area contributed by atoms with Gasteiger partial charge in [0.25, 0.3) is 0 Å². The van der Waals surface area contributed by atoms with Crippen LogP contribution in [0.1, 0.15) is 11.8 Å². The minimum Gasteiger partial charge on any atom is -0.381 e. The zero-order valence-electron chi connectivity index (χ0n) is 8.35. The lowest BCUT2D eigenvalue weighted by molar-refractivity contribution is -0.574. The molecular weight excluding hydrogens is 252 g/mol. The van der Waals surface area contributed by atoms with Gasteiger partial charge in [0.05, 0.1) is 10.5 Å². The Kier molecular flexibility index (Phi) is 3.76. The first kappa shape index (κ1) is 13.1. The molecule has 1 aromatic rings. The number of primary sulfonamides is 1. The summed E-state index contributed by atoms with van der Waals surface area (Å²) in [6.45, 7) is 0. The van der Waals surface area contributed by atoms with E-state index >= 15 is 0 Å². The molecule has 2 N–H and O–H groups in total. The summed E-state index contributed by atoms with van der Waals surface area (Å²) >= 11 is 0. The molecule has 8 nitrogen and oxygen atoms in total. The standard InChI is InChI=1S/C8H8N2O6S/c9-17(14,15)8(11)16-7(10(12)13)6-4-2-1-3-5-6/h1-5,7H,(H2,9,14,15). The molecule has 0 amide bonds. The van der Waals surface area contributed by atoms with Gasteiger partial charge in [-0.15, -0.1) is 0 Å². The zero-order chi connectivity index (χ0) is 13.1. The van der Waals surface area contributed by atoms with E-state index in [0.29, 0.717) is 0 Å². The Morgan fingerprint density at radius 3 is 2.29 bits per heavy atom. The van der Waals surface area contributed by atoms with Gasteiger partial charge in [-0.2, -0.15) is 0 Å². The van der Waals surface area contributed by atoms with Crippen molar-refractivity contribution in [3.05, 3.63) is 46.0 Å². The van der Waals surface area contributed by atoms with Gasteiger partial charge in [-0.05, 0) is 12.1 Å². The Balaban J connectivity index is 2.98. The maximum absolute atomic E-state index is 10.9. The van der Waals surface area contributed by atoms with E-state index in [1.165, 1.54) is 24.3 Å². The van der Waals surface area contributed by atoms with Crippen LogP contribution >= 0.6 is 0 Å². The van der Waals surface area contributed by atoms with Crippen LogP contribution in [-0.2, 0) is 14.8 Å². The highest BCUT2D eigenvalue weighted by molar-refractivity contribution is 8.03. The van der Waals surface area contributed by atoms with Crippen LogP contribution in [0, 0.1) is 10.1 Å². The van der Waals surface area contributed by atoms with Crippen LogP contribution in [0.15, 0.2) is 30.3 Å². The number of hydrogen-bond donors (Lipinski definition) is 1. The van der Waals surface area contributed by atoms with E-state index in [0.717, 1.165) is 0 Å². The van der Waals surface area contributed by atoms with Crippen molar-refractivity contribution in [1.82, 2.24) is 0 Å². The number of sulfonamides is 1. The second-order valence-electron chi connectivity index (χ2n) is 2.96. The molecule has 0 spiro atoms. The minimum atomic E-state index is -4.60. The molecule has 0 saturated carbocycles. The first-order chi connectivity index (χ1) is 7.82. The van der Waals surface area contributed by atoms with Gasteiger partial charge in [0, 0.05) is 0 Å². The third-order valence-corrected chi connectivity index (χ3v) is 2.28. The van der Waals surface area contributed by atoms with Crippen molar-refractivity contribution in [2.45, 2.75) is 6.23 Å². The number of rotatable bonds is 3. The molecular formula is C8H8N2O6S. The van der Waals surface area contributed by atoms with E-state index in [9.17, 15) is 23.3 Å². The second kappa shape index (κ2) is 4.89. The highest BCUT2D eigenvalue weighted by Gasteiger charge is 2.31. The normalized spacial score (nSPS) is 12.8. The van der Waals surface area contributed by atoms with Crippen LogP contribution in [0.25, 0.3) is 0 Å². The average molecular weight is 260 g/mol. The fraction of sp³-hybridized carbons (Fsp3) is 0.125. The number of carbonyl (C=O) groups excluding carboxylic acids is 1. The lowest BCUT2D eigenvalue weighted by Crippen LogP contribution is -2.28. The molecule has 92 valence electrons. The third-order valence-electron chi connectivity index (χ3n) is 1.72. The van der Waals surface area contributed by atoms with Crippen molar-refractivity contribution in [3.63, 3.8) is 0 Å². The number of nitrogens with zero attached hydrogens (tertiary/aromatic N) is 1. The summed E-state index contributed by atoms with van der Waals surface area (Å²) in [5.41, 5.74) is 0.0366. The minimum absolute atomic E-state index is 0.0366. The number of carbonyl (C=O) groups is 1. The summed E-state index contributed by atoms with van der Waals surface area (Å²) in [5, 5.41) is 13.3. The van der Waals surface area contributed by atoms with Crippen molar-refractivity contribution in [2.24, 2.45) is 5.14 Å². The lowest BCUT2D eigenvalue weighted by atomic mass is 10.2. The van der Waals surface area contributed by atoms with E-state index in [4.69, 9.17) is 0 Å². The molecule has 0 aromatic heterocycles. The Labute approximate surface area is 96.2 Å². The Hall–Kier alpha value is -2.00. The van der Waals surface area contributed by atoms with Crippen molar-refractivity contribution in [1.29, 1.82) is 0 Å². The Morgan fingerprint density at radius 1 is 1.35 bits per heavy atom. The predicted molar refractivity (Wildman–Crippen MR) is 55.8 cm³/mol. The highest BCUT2D eigenvalue weighted by Crippen LogP contribution is 2.18. The van der Waals surface area contributed by atoms with Crippen LogP contribution in [-0.4, -0.2) is 18.6 Å². The van der Waals surface area contributed by atoms with Crippen molar-refractivity contribution < 1.29 is 22.9 Å². The SMILES string of the molecule is NS(=O)(=O)C(=O)OC(c1ccccc1)[N+](=O)[O-]. The molecule has 0 aliphatic rings. The van der Waals surface area contributed by atoms with E-state index in [1.54, 1.807) is 6.07 Å². The van der Waals surface area contributed by atoms with Gasteiger partial charge in [-0.25, -0.2) is 18.4 Å². The molecule has 0 aliphatic carbocycles. The van der Waals surface area contributed by atoms with Crippen LogP contribution in [0.4, 0.5) is 4.79 Å². The molecule has 17 heavy (non-hydrogen) atoms. The molecule has 1 unspecified atom stereocenters. The number of nitrogens with two attached hydrogens (primary N) is 1. The Morgan fingerprint density at radius 2 is 1.88 bits per heavy atom. The molecule has 1 atom stereocenters. The van der Waals surface area contributed by atoms with Crippen LogP contribution in [0.5, 0.6) is 0 Å². The van der Waals surface area contributed by atoms with E-state index in [-0.39, 0.29) is 5.56 Å². The molecule has 0 bridgehead atoms. The van der Waals surface area contributed by atoms with Gasteiger partial charge in [0.1, 0.15) is 0 Å². The molecule has 0 heterocycles. The topological polar surface area (TPSA) is 130 Å². The first-order valence-corrected chi connectivity index (χ1v) is 5.79. The zero-order valence-corrected chi connectivity index (χ0v) is 9.16. The molecule has 0 aliphatic heterocycles. The van der Waals surface area contributed by atoms with Gasteiger partial charge in [-0.1, -0.05) is 18.2 Å². The third kappa shape index (κ3) is 3.50. The second-order valence-corrected chi connectivity index (χ2v) is 4.38. The summed E-state index contributed by atoms with van der Waals surface area (Å²) in [7, 11) is -4.60. The quantitative estimate of drug-likeness (QED) is 0.362. The van der Waals surface area contributed by atoms with E-state index in [1.807, 2.05) is 0 Å². The molecule has 0 radical (unpaired) electrons. The fourth-order valence-electron chi connectivity index (χ4n) is 1.01. The van der Waals surface area contributed by atoms with Gasteiger partial charge in [0.15, 0.2) is 0 Å². The molecule has 1 rings (SSSR count). The summed E-state index contributed by atoms with van der Waals surface area (Å²) in [6.07, 6.45) is -1.90. The van der Waals surface area contributed by atoms with E-state index < -0.39 is 26.5 Å². The van der Waals surface area contributed by atoms with E-state index in [2.05, 4.69) is 9.88 Å². The maximum atomic E-state index is 10.9. The van der Waals surface area contributed by atoms with Gasteiger partial charge >= 0.3 is 21.6 Å². The summed E-state index contributed by atoms with van der Waals surface area (Å²) in [4.78, 5) is 20.6. The molecule has 0 fully saturated rings. The Bertz CT molecular complexity index is 526. The number of hydrogen-bond acceptors (Lipinski definition) is 6. The van der Waals surface area contributed by atoms with Gasteiger partial charge in [0.2, 0.25) is 0 Å². The average Bonchev–Trinajstić information content (AvgIpc) is 2.25. The maximum Gasteiger partial charge on any atom is 0.444 e. The molecule has 9 heteroatoms. The largest absolute Gasteiger partial charge is 0.444 e. The predicted octanol–water partition coefficient (Wildman–Crippen LogP) is 0.387. The highest BCUT2D eigenvalue weighted by atomic mass is 32.2. The first-order valence-electron chi connectivity index (χ1n) is 4.24. The van der Waals surface area contributed by atoms with Crippen molar-refractivity contribution in [3.8, 4) is 0 Å². The van der Waals surface area contributed by atoms with Crippen LogP contribution < -0.4 is 5.14 Å². The van der Waals surface area contributed by atoms with Gasteiger partial charge < -0.3 is 4.74 Å². The molecule has 1 aromatic carbocycles. The summed E-state index contributed by atoms with van der Waals surface area (Å²) < 4.78 is 25.4. The van der Waals surface area contributed by atoms with Crippen molar-refractivity contribution in [2.75, 3.05) is 0 Å². The monoisotopic (exact) mass is 260 g/mol. The fourth-order valence-corrected chi connectivity index (χ4v) is 1.23. The smallest absolute Gasteiger partial charge is 0.381 e. The molecule has 0 saturated heterocycles. The van der Waals surface area contributed by atoms with Crippen LogP contribution in [0.2, 0.25) is 0 Å². The summed E-state index contributed by atoms with van der Waals surface area (Å²) in [6, 6.07) is 7.21. The van der Waals surface area contributed by atoms with Crippen molar-refractivity contribution >= 4 is 15.3 Å². The summed E-state index contributed by atoms with van der Waals surface area (Å²) in [5.74, 6) is 0. The number of ether oxygens (including phenoxy) is 1. The van der Waals surface area contributed by atoms with Gasteiger partial charge in [-0.3, -0.25) is 10.1 Å². The number of nitro groups is 1. The lowest BCUT2D eigenvalue weighted by Gasteiger charge is -2.09. The van der Waals surface area contributed by atoms with Crippen LogP contribution in [0.3, 0.4) is 0 Å². The number of benzene rings is 1.